The summed E-state index contributed by atoms with van der Waals surface area (Å²) in [6.45, 7) is 0.836. The summed E-state index contributed by atoms with van der Waals surface area (Å²) in [6, 6.07) is 7.22. The zero-order valence-corrected chi connectivity index (χ0v) is 12.2. The Labute approximate surface area is 125 Å². The minimum atomic E-state index is -0.357. The van der Waals surface area contributed by atoms with Crippen LogP contribution in [-0.2, 0) is 0 Å². The van der Waals surface area contributed by atoms with Crippen LogP contribution in [0.5, 0.6) is 0 Å². The molecule has 0 amide bonds. The maximum atomic E-state index is 11.2. The number of benzene rings is 1. The molecule has 0 N–H and O–H groups in total. The Hall–Kier alpha value is -1.59. The molecular formula is C14H13ClN2O2S. The Bertz CT molecular complexity index is 630. The number of hydrogen-bond donors (Lipinski definition) is 0. The highest BCUT2D eigenvalue weighted by molar-refractivity contribution is 7.08. The third-order valence-corrected chi connectivity index (χ3v) is 4.56. The summed E-state index contributed by atoms with van der Waals surface area (Å²) in [6.07, 6.45) is 2.07. The molecular weight excluding hydrogens is 296 g/mol. The molecule has 1 atom stereocenters. The Morgan fingerprint density at radius 2 is 2.25 bits per heavy atom. The van der Waals surface area contributed by atoms with E-state index in [-0.39, 0.29) is 16.7 Å². The number of thiophene rings is 1. The summed E-state index contributed by atoms with van der Waals surface area (Å²) >= 11 is 7.54. The number of nitro benzene ring substituents is 1. The van der Waals surface area contributed by atoms with Gasteiger partial charge in [-0.1, -0.05) is 11.6 Å². The Kier molecular flexibility index (Phi) is 3.63. The molecule has 0 aliphatic carbocycles. The van der Waals surface area contributed by atoms with Gasteiger partial charge in [0.05, 0.1) is 11.0 Å². The van der Waals surface area contributed by atoms with Gasteiger partial charge in [0.2, 0.25) is 0 Å². The average Bonchev–Trinajstić information content (AvgIpc) is 3.09. The molecule has 104 valence electrons. The molecule has 0 saturated carbocycles. The molecule has 20 heavy (non-hydrogen) atoms. The fourth-order valence-corrected chi connectivity index (χ4v) is 3.63. The van der Waals surface area contributed by atoms with E-state index in [0.29, 0.717) is 10.7 Å². The van der Waals surface area contributed by atoms with Gasteiger partial charge < -0.3 is 4.90 Å². The molecule has 4 nitrogen and oxygen atoms in total. The number of rotatable bonds is 3. The quantitative estimate of drug-likeness (QED) is 0.612. The lowest BCUT2D eigenvalue weighted by Gasteiger charge is -2.26. The molecule has 0 radical (unpaired) electrons. The van der Waals surface area contributed by atoms with Gasteiger partial charge in [0.25, 0.3) is 5.69 Å². The number of anilines is 1. The van der Waals surface area contributed by atoms with E-state index in [1.54, 1.807) is 23.5 Å². The zero-order chi connectivity index (χ0) is 14.1. The van der Waals surface area contributed by atoms with Crippen molar-refractivity contribution in [1.82, 2.24) is 0 Å². The SMILES string of the molecule is O=[N+]([O-])c1cc(Cl)ccc1N1CCCC1c1ccsc1. The first-order chi connectivity index (χ1) is 9.66. The second kappa shape index (κ2) is 5.42. The number of hydrogen-bond acceptors (Lipinski definition) is 4. The highest BCUT2D eigenvalue weighted by atomic mass is 35.5. The molecule has 1 aromatic heterocycles. The highest BCUT2D eigenvalue weighted by Gasteiger charge is 2.31. The molecule has 0 bridgehead atoms. The first-order valence-corrected chi connectivity index (χ1v) is 7.71. The van der Waals surface area contributed by atoms with Gasteiger partial charge in [-0.15, -0.1) is 0 Å². The van der Waals surface area contributed by atoms with Crippen molar-refractivity contribution in [1.29, 1.82) is 0 Å². The smallest absolute Gasteiger partial charge is 0.294 e. The molecule has 3 rings (SSSR count). The molecule has 1 aliphatic rings. The first-order valence-electron chi connectivity index (χ1n) is 6.39. The van der Waals surface area contributed by atoms with E-state index in [2.05, 4.69) is 16.3 Å². The molecule has 1 unspecified atom stereocenters. The van der Waals surface area contributed by atoms with Crippen molar-refractivity contribution in [2.45, 2.75) is 18.9 Å². The van der Waals surface area contributed by atoms with Crippen LogP contribution in [-0.4, -0.2) is 11.5 Å². The van der Waals surface area contributed by atoms with E-state index in [4.69, 9.17) is 11.6 Å². The van der Waals surface area contributed by atoms with E-state index in [1.807, 2.05) is 5.38 Å². The van der Waals surface area contributed by atoms with E-state index in [0.717, 1.165) is 19.4 Å². The molecule has 0 spiro atoms. The van der Waals surface area contributed by atoms with Gasteiger partial charge in [0.1, 0.15) is 5.69 Å². The number of nitro groups is 1. The van der Waals surface area contributed by atoms with Gasteiger partial charge in [-0.3, -0.25) is 10.1 Å². The zero-order valence-electron chi connectivity index (χ0n) is 10.7. The van der Waals surface area contributed by atoms with Gasteiger partial charge in [-0.2, -0.15) is 11.3 Å². The van der Waals surface area contributed by atoms with Crippen molar-refractivity contribution in [2.24, 2.45) is 0 Å². The van der Waals surface area contributed by atoms with Crippen molar-refractivity contribution in [3.05, 3.63) is 55.7 Å². The summed E-state index contributed by atoms with van der Waals surface area (Å²) in [4.78, 5) is 13.0. The maximum Gasteiger partial charge on any atom is 0.294 e. The van der Waals surface area contributed by atoms with Crippen LogP contribution in [0.4, 0.5) is 11.4 Å². The molecule has 1 aliphatic heterocycles. The summed E-state index contributed by atoms with van der Waals surface area (Å²) in [5, 5.41) is 15.8. The average molecular weight is 309 g/mol. The Balaban J connectivity index is 2.02. The van der Waals surface area contributed by atoms with Crippen molar-refractivity contribution in [2.75, 3.05) is 11.4 Å². The van der Waals surface area contributed by atoms with E-state index < -0.39 is 0 Å². The van der Waals surface area contributed by atoms with Crippen LogP contribution < -0.4 is 4.90 Å². The highest BCUT2D eigenvalue weighted by Crippen LogP contribution is 2.41. The molecule has 6 heteroatoms. The van der Waals surface area contributed by atoms with E-state index in [9.17, 15) is 10.1 Å². The lowest BCUT2D eigenvalue weighted by molar-refractivity contribution is -0.384. The molecule has 2 heterocycles. The van der Waals surface area contributed by atoms with Crippen LogP contribution in [0.25, 0.3) is 0 Å². The second-order valence-corrected chi connectivity index (χ2v) is 6.01. The largest absolute Gasteiger partial charge is 0.359 e. The topological polar surface area (TPSA) is 46.4 Å². The van der Waals surface area contributed by atoms with E-state index in [1.165, 1.54) is 11.6 Å². The predicted molar refractivity (Wildman–Crippen MR) is 81.7 cm³/mol. The van der Waals surface area contributed by atoms with Crippen molar-refractivity contribution < 1.29 is 4.92 Å². The molecule has 2 aromatic rings. The lowest BCUT2D eigenvalue weighted by atomic mass is 10.1. The Morgan fingerprint density at radius 3 is 2.95 bits per heavy atom. The van der Waals surface area contributed by atoms with Crippen LogP contribution in [0.15, 0.2) is 35.0 Å². The maximum absolute atomic E-state index is 11.2. The summed E-state index contributed by atoms with van der Waals surface area (Å²) < 4.78 is 0. The van der Waals surface area contributed by atoms with Gasteiger partial charge in [-0.25, -0.2) is 0 Å². The summed E-state index contributed by atoms with van der Waals surface area (Å²) in [7, 11) is 0. The monoisotopic (exact) mass is 308 g/mol. The third kappa shape index (κ3) is 2.39. The Morgan fingerprint density at radius 1 is 1.40 bits per heavy atom. The van der Waals surface area contributed by atoms with Gasteiger partial charge in [0.15, 0.2) is 0 Å². The minimum absolute atomic E-state index is 0.0830. The second-order valence-electron chi connectivity index (χ2n) is 4.80. The van der Waals surface area contributed by atoms with Gasteiger partial charge in [-0.05, 0) is 47.4 Å². The lowest BCUT2D eigenvalue weighted by Crippen LogP contribution is -2.23. The first kappa shape index (κ1) is 13.4. The van der Waals surface area contributed by atoms with Crippen molar-refractivity contribution in [3.63, 3.8) is 0 Å². The van der Waals surface area contributed by atoms with Crippen molar-refractivity contribution in [3.8, 4) is 0 Å². The third-order valence-electron chi connectivity index (χ3n) is 3.62. The predicted octanol–water partition coefficient (Wildman–Crippen LogP) is 4.65. The normalized spacial score (nSPS) is 18.4. The fraction of sp³-hybridized carbons (Fsp3) is 0.286. The fourth-order valence-electron chi connectivity index (χ4n) is 2.75. The van der Waals surface area contributed by atoms with Crippen LogP contribution in [0.2, 0.25) is 5.02 Å². The summed E-state index contributed by atoms with van der Waals surface area (Å²) in [5.74, 6) is 0. The van der Waals surface area contributed by atoms with Crippen LogP contribution in [0, 0.1) is 10.1 Å². The number of nitrogens with zero attached hydrogens (tertiary/aromatic N) is 2. The van der Waals surface area contributed by atoms with Crippen molar-refractivity contribution >= 4 is 34.3 Å². The van der Waals surface area contributed by atoms with Gasteiger partial charge >= 0.3 is 0 Å². The van der Waals surface area contributed by atoms with Crippen LogP contribution in [0.1, 0.15) is 24.4 Å². The standard InChI is InChI=1S/C14H13ClN2O2S/c15-11-3-4-13(14(8-11)17(18)19)16-6-1-2-12(16)10-5-7-20-9-10/h3-5,7-9,12H,1-2,6H2. The van der Waals surface area contributed by atoms with E-state index >= 15 is 0 Å². The minimum Gasteiger partial charge on any atom is -0.359 e. The molecule has 1 aromatic carbocycles. The molecule has 1 saturated heterocycles. The van der Waals surface area contributed by atoms with Crippen LogP contribution in [0.3, 0.4) is 0 Å². The number of halogens is 1. The molecule has 1 fully saturated rings. The van der Waals surface area contributed by atoms with Gasteiger partial charge in [0, 0.05) is 17.6 Å². The summed E-state index contributed by atoms with van der Waals surface area (Å²) in [5.41, 5.74) is 1.98. The van der Waals surface area contributed by atoms with Crippen LogP contribution >= 0.6 is 22.9 Å².